The molecule has 0 atom stereocenters. The molecule has 134 valence electrons. The lowest BCUT2D eigenvalue weighted by atomic mass is 9.79. The molecule has 1 aliphatic rings. The predicted molar refractivity (Wildman–Crippen MR) is 102 cm³/mol. The molecule has 0 spiro atoms. The Morgan fingerprint density at radius 1 is 0.800 bits per heavy atom. The van der Waals surface area contributed by atoms with Gasteiger partial charge in [-0.15, -0.1) is 0 Å². The molecule has 3 rings (SSSR count). The van der Waals surface area contributed by atoms with Crippen LogP contribution in [0.4, 0.5) is 22.7 Å². The minimum atomic E-state index is 0.331. The average molecular weight is 342 g/mol. The van der Waals surface area contributed by atoms with Gasteiger partial charge in [0.25, 0.3) is 0 Å². The molecule has 0 radical (unpaired) electrons. The van der Waals surface area contributed by atoms with Crippen LogP contribution in [0, 0.1) is 5.92 Å². The fourth-order valence-electron chi connectivity index (χ4n) is 3.30. The summed E-state index contributed by atoms with van der Waals surface area (Å²) in [6, 6.07) is 8.98. The van der Waals surface area contributed by atoms with E-state index in [4.69, 9.17) is 32.7 Å². The monoisotopic (exact) mass is 342 g/mol. The van der Waals surface area contributed by atoms with E-state index in [1.807, 2.05) is 12.1 Å². The second kappa shape index (κ2) is 7.01. The summed E-state index contributed by atoms with van der Waals surface area (Å²) in [6.45, 7) is 2.32. The van der Waals surface area contributed by atoms with Gasteiger partial charge in [0.05, 0.1) is 22.7 Å². The van der Waals surface area contributed by atoms with E-state index in [0.29, 0.717) is 40.2 Å². The smallest absolute Gasteiger partial charge is 0.201 e. The molecule has 2 aromatic carbocycles. The number of rotatable bonds is 4. The van der Waals surface area contributed by atoms with Crippen molar-refractivity contribution in [3.8, 4) is 11.5 Å². The third-order valence-electron chi connectivity index (χ3n) is 4.97. The Labute approximate surface area is 148 Å². The second-order valence-electron chi connectivity index (χ2n) is 6.94. The minimum Gasteiger partial charge on any atom is -0.397 e. The van der Waals surface area contributed by atoms with E-state index < -0.39 is 0 Å². The van der Waals surface area contributed by atoms with Gasteiger partial charge >= 0.3 is 0 Å². The molecule has 0 unspecified atom stereocenters. The summed E-state index contributed by atoms with van der Waals surface area (Å²) in [6.07, 6.45) is 4.96. The van der Waals surface area contributed by atoms with Gasteiger partial charge in [-0.2, -0.15) is 0 Å². The van der Waals surface area contributed by atoms with Gasteiger partial charge in [0.15, 0.2) is 5.75 Å². The zero-order chi connectivity index (χ0) is 18.0. The van der Waals surface area contributed by atoms with Crippen LogP contribution in [0.3, 0.4) is 0 Å². The highest BCUT2D eigenvalue weighted by molar-refractivity contribution is 5.79. The molecule has 0 amide bonds. The largest absolute Gasteiger partial charge is 0.397 e. The van der Waals surface area contributed by atoms with Crippen LogP contribution < -0.4 is 32.7 Å². The van der Waals surface area contributed by atoms with E-state index in [-0.39, 0.29) is 0 Å². The van der Waals surface area contributed by atoms with Gasteiger partial charge in [-0.05, 0) is 42.4 Å². The minimum absolute atomic E-state index is 0.331. The number of nitrogen functional groups attached to an aromatic ring is 4. The van der Waals surface area contributed by atoms with Gasteiger partial charge in [-0.1, -0.05) is 25.8 Å². The molecular weight excluding hydrogens is 316 g/mol. The van der Waals surface area contributed by atoms with Crippen LogP contribution in [0.2, 0.25) is 0 Å². The zero-order valence-corrected chi connectivity index (χ0v) is 14.5. The van der Waals surface area contributed by atoms with E-state index >= 15 is 0 Å². The molecule has 0 bridgehead atoms. The standard InChI is InChI=1S/C19H26N4O2/c1-11-2-4-12(5-3-11)13-6-7-18(15(20)8-13)25-24-14-9-16(21)19(23)17(22)10-14/h6-12H,2-5,20-23H2,1H3. The second-order valence-corrected chi connectivity index (χ2v) is 6.94. The van der Waals surface area contributed by atoms with Crippen molar-refractivity contribution in [2.24, 2.45) is 5.92 Å². The molecule has 1 fully saturated rings. The maximum absolute atomic E-state index is 6.13. The van der Waals surface area contributed by atoms with E-state index in [1.165, 1.54) is 31.2 Å². The fraction of sp³-hybridized carbons (Fsp3) is 0.368. The summed E-state index contributed by atoms with van der Waals surface area (Å²) in [5.74, 6) is 2.23. The van der Waals surface area contributed by atoms with Crippen LogP contribution in [0.25, 0.3) is 0 Å². The topological polar surface area (TPSA) is 123 Å². The Balaban J connectivity index is 1.67. The number of nitrogens with two attached hydrogens (primary N) is 4. The Morgan fingerprint density at radius 2 is 1.44 bits per heavy atom. The summed E-state index contributed by atoms with van der Waals surface area (Å²) in [7, 11) is 0. The lowest BCUT2D eigenvalue weighted by Crippen LogP contribution is -2.11. The van der Waals surface area contributed by atoms with E-state index in [9.17, 15) is 0 Å². The third kappa shape index (κ3) is 3.84. The van der Waals surface area contributed by atoms with Crippen LogP contribution >= 0.6 is 0 Å². The molecule has 2 aromatic rings. The third-order valence-corrected chi connectivity index (χ3v) is 4.97. The SMILES string of the molecule is CC1CCC(c2ccc(OOc3cc(N)c(N)c(N)c3)c(N)c2)CC1. The van der Waals surface area contributed by atoms with Crippen LogP contribution in [0.5, 0.6) is 11.5 Å². The zero-order valence-electron chi connectivity index (χ0n) is 14.5. The molecule has 8 N–H and O–H groups in total. The van der Waals surface area contributed by atoms with Crippen molar-refractivity contribution < 1.29 is 9.78 Å². The molecule has 6 heteroatoms. The van der Waals surface area contributed by atoms with Crippen molar-refractivity contribution in [1.29, 1.82) is 0 Å². The van der Waals surface area contributed by atoms with Crippen LogP contribution in [-0.4, -0.2) is 0 Å². The summed E-state index contributed by atoms with van der Waals surface area (Å²) in [5.41, 5.74) is 26.2. The average Bonchev–Trinajstić information content (AvgIpc) is 2.59. The summed E-state index contributed by atoms with van der Waals surface area (Å²) in [4.78, 5) is 10.6. The number of anilines is 4. The normalized spacial score (nSPS) is 20.2. The quantitative estimate of drug-likeness (QED) is 0.382. The maximum Gasteiger partial charge on any atom is 0.201 e. The molecular formula is C19H26N4O2. The van der Waals surface area contributed by atoms with E-state index in [2.05, 4.69) is 13.0 Å². The molecule has 0 aromatic heterocycles. The van der Waals surface area contributed by atoms with Crippen molar-refractivity contribution in [3.05, 3.63) is 35.9 Å². The van der Waals surface area contributed by atoms with Gasteiger partial charge in [-0.25, -0.2) is 0 Å². The molecule has 0 saturated heterocycles. The van der Waals surface area contributed by atoms with Crippen LogP contribution in [0.15, 0.2) is 30.3 Å². The Hall–Kier alpha value is -2.76. The number of hydrogen-bond acceptors (Lipinski definition) is 6. The van der Waals surface area contributed by atoms with Crippen LogP contribution in [-0.2, 0) is 0 Å². The highest BCUT2D eigenvalue weighted by atomic mass is 17.2. The van der Waals surface area contributed by atoms with Gasteiger partial charge in [0.2, 0.25) is 5.75 Å². The van der Waals surface area contributed by atoms with Crippen molar-refractivity contribution in [3.63, 3.8) is 0 Å². The maximum atomic E-state index is 6.13. The van der Waals surface area contributed by atoms with Crippen molar-refractivity contribution in [2.75, 3.05) is 22.9 Å². The van der Waals surface area contributed by atoms with Gasteiger partial charge < -0.3 is 22.9 Å². The Morgan fingerprint density at radius 3 is 2.04 bits per heavy atom. The van der Waals surface area contributed by atoms with Gasteiger partial charge in [0, 0.05) is 12.1 Å². The molecule has 1 aliphatic carbocycles. The molecule has 0 heterocycles. The molecule has 25 heavy (non-hydrogen) atoms. The fourth-order valence-corrected chi connectivity index (χ4v) is 3.30. The Bertz CT molecular complexity index is 732. The lowest BCUT2D eigenvalue weighted by Gasteiger charge is -2.26. The summed E-state index contributed by atoms with van der Waals surface area (Å²) >= 11 is 0. The van der Waals surface area contributed by atoms with Gasteiger partial charge in [-0.3, -0.25) is 9.78 Å². The van der Waals surface area contributed by atoms with Crippen molar-refractivity contribution >= 4 is 22.7 Å². The van der Waals surface area contributed by atoms with Crippen molar-refractivity contribution in [2.45, 2.75) is 38.5 Å². The predicted octanol–water partition coefficient (Wildman–Crippen LogP) is 3.68. The van der Waals surface area contributed by atoms with E-state index in [0.717, 1.165) is 5.92 Å². The van der Waals surface area contributed by atoms with Crippen molar-refractivity contribution in [1.82, 2.24) is 0 Å². The van der Waals surface area contributed by atoms with Crippen LogP contribution in [0.1, 0.15) is 44.1 Å². The lowest BCUT2D eigenvalue weighted by molar-refractivity contribution is -0.0990. The first-order valence-electron chi connectivity index (χ1n) is 8.62. The summed E-state index contributed by atoms with van der Waals surface area (Å²) in [5, 5.41) is 0. The molecule has 1 saturated carbocycles. The molecule has 6 nitrogen and oxygen atoms in total. The highest BCUT2D eigenvalue weighted by Gasteiger charge is 2.20. The number of hydrogen-bond donors (Lipinski definition) is 4. The number of benzene rings is 2. The first-order valence-corrected chi connectivity index (χ1v) is 8.62. The molecule has 0 aliphatic heterocycles. The first-order chi connectivity index (χ1) is 11.9. The Kier molecular flexibility index (Phi) is 4.79. The summed E-state index contributed by atoms with van der Waals surface area (Å²) < 4.78 is 0. The first kappa shape index (κ1) is 17.1. The van der Waals surface area contributed by atoms with E-state index in [1.54, 1.807) is 12.1 Å². The van der Waals surface area contributed by atoms with Gasteiger partial charge in [0.1, 0.15) is 0 Å². The highest BCUT2D eigenvalue weighted by Crippen LogP contribution is 2.37.